The van der Waals surface area contributed by atoms with Gasteiger partial charge >= 0.3 is 0 Å². The van der Waals surface area contributed by atoms with Gasteiger partial charge in [0.05, 0.1) is 18.2 Å². The number of hydrogen-bond acceptors (Lipinski definition) is 3. The molecule has 0 atom stereocenters. The minimum atomic E-state index is -0.174. The fraction of sp³-hybridized carbons (Fsp3) is 0.500. The summed E-state index contributed by atoms with van der Waals surface area (Å²) in [4.78, 5) is 0.522. The molecule has 0 saturated heterocycles. The van der Waals surface area contributed by atoms with E-state index in [1.807, 2.05) is 45.0 Å². The second-order valence-electron chi connectivity index (χ2n) is 4.75. The van der Waals surface area contributed by atoms with Crippen LogP contribution in [-0.4, -0.2) is 18.2 Å². The molecule has 0 unspecified atom stereocenters. The van der Waals surface area contributed by atoms with E-state index in [0.717, 1.165) is 17.9 Å². The predicted molar refractivity (Wildman–Crippen MR) is 78.3 cm³/mol. The van der Waals surface area contributed by atoms with Crippen LogP contribution in [0.1, 0.15) is 27.2 Å². The molecule has 0 radical (unpaired) electrons. The van der Waals surface area contributed by atoms with Crippen molar-refractivity contribution >= 4 is 17.2 Å². The molecule has 0 aliphatic heterocycles. The van der Waals surface area contributed by atoms with E-state index < -0.39 is 0 Å². The zero-order chi connectivity index (χ0) is 13.6. The molecule has 0 spiro atoms. The second kappa shape index (κ2) is 6.59. The van der Waals surface area contributed by atoms with Gasteiger partial charge in [-0.1, -0.05) is 32.1 Å². The quantitative estimate of drug-likeness (QED) is 0.771. The van der Waals surface area contributed by atoms with E-state index in [4.69, 9.17) is 27.4 Å². The summed E-state index contributed by atoms with van der Waals surface area (Å²) >= 11 is 5.02. The number of hydrogen-bond donors (Lipinski definition) is 1. The van der Waals surface area contributed by atoms with Crippen LogP contribution in [0.2, 0.25) is 0 Å². The summed E-state index contributed by atoms with van der Waals surface area (Å²) < 4.78 is 11.1. The molecule has 0 saturated carbocycles. The van der Waals surface area contributed by atoms with E-state index in [1.54, 1.807) is 0 Å². The Labute approximate surface area is 114 Å². The van der Waals surface area contributed by atoms with Crippen molar-refractivity contribution in [2.45, 2.75) is 27.2 Å². The van der Waals surface area contributed by atoms with Gasteiger partial charge in [-0.2, -0.15) is 0 Å². The maximum atomic E-state index is 5.68. The number of nitrogens with two attached hydrogens (primary N) is 1. The Morgan fingerprint density at radius 1 is 1.28 bits per heavy atom. The number of ether oxygens (including phenoxy) is 2. The van der Waals surface area contributed by atoms with Crippen LogP contribution >= 0.6 is 12.2 Å². The standard InChI is InChI=1S/C14H21NO2S/c1-4-16-11-6-5-7-12(10-11)17-9-8-14(2,3)13(15)18/h5-7,10H,4,8-9H2,1-3H3,(H2,15,18). The van der Waals surface area contributed by atoms with Crippen molar-refractivity contribution in [3.8, 4) is 11.5 Å². The molecule has 1 aromatic rings. The number of benzene rings is 1. The Balaban J connectivity index is 2.49. The van der Waals surface area contributed by atoms with Crippen LogP contribution in [0.4, 0.5) is 0 Å². The Bertz CT molecular complexity index is 405. The average Bonchev–Trinajstić information content (AvgIpc) is 2.29. The van der Waals surface area contributed by atoms with Crippen LogP contribution in [0.5, 0.6) is 11.5 Å². The Morgan fingerprint density at radius 2 is 1.89 bits per heavy atom. The Morgan fingerprint density at radius 3 is 2.44 bits per heavy atom. The van der Waals surface area contributed by atoms with E-state index in [9.17, 15) is 0 Å². The van der Waals surface area contributed by atoms with Crippen molar-refractivity contribution in [1.82, 2.24) is 0 Å². The lowest BCUT2D eigenvalue weighted by Crippen LogP contribution is -2.31. The van der Waals surface area contributed by atoms with Gasteiger partial charge in [0.25, 0.3) is 0 Å². The van der Waals surface area contributed by atoms with Crippen molar-refractivity contribution in [2.75, 3.05) is 13.2 Å². The highest BCUT2D eigenvalue weighted by molar-refractivity contribution is 7.80. The lowest BCUT2D eigenvalue weighted by molar-refractivity contribution is 0.268. The van der Waals surface area contributed by atoms with E-state index >= 15 is 0 Å². The fourth-order valence-electron chi connectivity index (χ4n) is 1.37. The number of thiocarbonyl (C=S) groups is 1. The highest BCUT2D eigenvalue weighted by atomic mass is 32.1. The average molecular weight is 267 g/mol. The third-order valence-electron chi connectivity index (χ3n) is 2.78. The first-order chi connectivity index (χ1) is 8.45. The van der Waals surface area contributed by atoms with Crippen molar-refractivity contribution in [3.05, 3.63) is 24.3 Å². The summed E-state index contributed by atoms with van der Waals surface area (Å²) in [5.74, 6) is 1.63. The van der Waals surface area contributed by atoms with Crippen LogP contribution in [-0.2, 0) is 0 Å². The maximum Gasteiger partial charge on any atom is 0.122 e. The molecule has 100 valence electrons. The maximum absolute atomic E-state index is 5.68. The molecule has 0 amide bonds. The topological polar surface area (TPSA) is 44.5 Å². The monoisotopic (exact) mass is 267 g/mol. The van der Waals surface area contributed by atoms with Gasteiger partial charge in [0.2, 0.25) is 0 Å². The molecule has 0 bridgehead atoms. The molecule has 0 aliphatic rings. The van der Waals surface area contributed by atoms with Crippen molar-refractivity contribution in [1.29, 1.82) is 0 Å². The molecule has 0 fully saturated rings. The molecule has 3 nitrogen and oxygen atoms in total. The minimum absolute atomic E-state index is 0.174. The minimum Gasteiger partial charge on any atom is -0.494 e. The highest BCUT2D eigenvalue weighted by Crippen LogP contribution is 2.23. The first-order valence-electron chi connectivity index (χ1n) is 6.11. The zero-order valence-corrected chi connectivity index (χ0v) is 12.0. The Hall–Kier alpha value is -1.29. The summed E-state index contributed by atoms with van der Waals surface area (Å²) in [6.07, 6.45) is 0.793. The van der Waals surface area contributed by atoms with Gasteiger partial charge in [0.1, 0.15) is 11.5 Å². The van der Waals surface area contributed by atoms with Gasteiger partial charge in [-0.3, -0.25) is 0 Å². The van der Waals surface area contributed by atoms with Gasteiger partial charge in [0, 0.05) is 11.5 Å². The Kier molecular flexibility index (Phi) is 5.41. The van der Waals surface area contributed by atoms with E-state index in [-0.39, 0.29) is 5.41 Å². The summed E-state index contributed by atoms with van der Waals surface area (Å²) in [5.41, 5.74) is 5.50. The normalized spacial score (nSPS) is 11.1. The van der Waals surface area contributed by atoms with E-state index in [1.165, 1.54) is 0 Å². The molecule has 18 heavy (non-hydrogen) atoms. The highest BCUT2D eigenvalue weighted by Gasteiger charge is 2.21. The van der Waals surface area contributed by atoms with Crippen molar-refractivity contribution in [2.24, 2.45) is 11.1 Å². The summed E-state index contributed by atoms with van der Waals surface area (Å²) in [5, 5.41) is 0. The fourth-order valence-corrected chi connectivity index (χ4v) is 1.47. The molecule has 2 N–H and O–H groups in total. The van der Waals surface area contributed by atoms with Crippen LogP contribution in [0.15, 0.2) is 24.3 Å². The largest absolute Gasteiger partial charge is 0.494 e. The van der Waals surface area contributed by atoms with Gasteiger partial charge < -0.3 is 15.2 Å². The molecule has 1 aromatic carbocycles. The van der Waals surface area contributed by atoms with E-state index in [2.05, 4.69) is 0 Å². The van der Waals surface area contributed by atoms with Gasteiger partial charge in [-0.15, -0.1) is 0 Å². The molecule has 0 aliphatic carbocycles. The summed E-state index contributed by atoms with van der Waals surface area (Å²) in [7, 11) is 0. The summed E-state index contributed by atoms with van der Waals surface area (Å²) in [6, 6.07) is 7.63. The van der Waals surface area contributed by atoms with Gasteiger partial charge in [0.15, 0.2) is 0 Å². The predicted octanol–water partition coefficient (Wildman–Crippen LogP) is 3.17. The molecular formula is C14H21NO2S. The van der Waals surface area contributed by atoms with Gasteiger partial charge in [-0.05, 0) is 25.5 Å². The lowest BCUT2D eigenvalue weighted by atomic mass is 9.90. The van der Waals surface area contributed by atoms with Gasteiger partial charge in [-0.25, -0.2) is 0 Å². The zero-order valence-electron chi connectivity index (χ0n) is 11.2. The molecule has 0 aromatic heterocycles. The summed E-state index contributed by atoms with van der Waals surface area (Å²) in [6.45, 7) is 7.24. The first-order valence-corrected chi connectivity index (χ1v) is 6.52. The molecule has 0 heterocycles. The SMILES string of the molecule is CCOc1cccc(OCCC(C)(C)C(N)=S)c1. The third kappa shape index (κ3) is 4.53. The second-order valence-corrected chi connectivity index (χ2v) is 5.19. The molecule has 4 heteroatoms. The van der Waals surface area contributed by atoms with Crippen LogP contribution in [0.3, 0.4) is 0 Å². The van der Waals surface area contributed by atoms with Crippen molar-refractivity contribution in [3.63, 3.8) is 0 Å². The van der Waals surface area contributed by atoms with Crippen molar-refractivity contribution < 1.29 is 9.47 Å². The smallest absolute Gasteiger partial charge is 0.122 e. The third-order valence-corrected chi connectivity index (χ3v) is 3.33. The lowest BCUT2D eigenvalue weighted by Gasteiger charge is -2.22. The van der Waals surface area contributed by atoms with E-state index in [0.29, 0.717) is 18.2 Å². The van der Waals surface area contributed by atoms with Crippen LogP contribution in [0.25, 0.3) is 0 Å². The first kappa shape index (κ1) is 14.8. The van der Waals surface area contributed by atoms with Crippen LogP contribution < -0.4 is 15.2 Å². The molecule has 1 rings (SSSR count). The molecular weight excluding hydrogens is 246 g/mol. The number of rotatable bonds is 7. The van der Waals surface area contributed by atoms with Crippen LogP contribution in [0, 0.1) is 5.41 Å².